The van der Waals surface area contributed by atoms with E-state index >= 15 is 0 Å². The number of hydrogen-bond acceptors (Lipinski definition) is 3. The molecule has 0 aromatic heterocycles. The average molecular weight is 281 g/mol. The molecule has 0 amide bonds. The zero-order chi connectivity index (χ0) is 13.1. The van der Waals surface area contributed by atoms with Crippen molar-refractivity contribution in [2.45, 2.75) is 64.7 Å². The molecule has 0 N–H and O–H groups in total. The molecular weight excluding hydrogens is 260 g/mol. The van der Waals surface area contributed by atoms with Crippen molar-refractivity contribution < 1.29 is 13.2 Å². The number of carbonyl (C=O) groups excluding carboxylic acids is 1. The van der Waals surface area contributed by atoms with E-state index in [4.69, 9.17) is 11.6 Å². The smallest absolute Gasteiger partial charge is 0.263 e. The zero-order valence-corrected chi connectivity index (χ0v) is 11.9. The van der Waals surface area contributed by atoms with Gasteiger partial charge < -0.3 is 0 Å². The molecule has 0 unspecified atom stereocenters. The summed E-state index contributed by atoms with van der Waals surface area (Å²) in [5.41, 5.74) is 0. The van der Waals surface area contributed by atoms with Crippen LogP contribution in [0.25, 0.3) is 0 Å². The van der Waals surface area contributed by atoms with Gasteiger partial charge in [-0.2, -0.15) is 8.42 Å². The molecule has 0 heterocycles. The molecule has 0 aromatic rings. The first kappa shape index (κ1) is 16.6. The SMILES string of the molecule is CCCCCCCCCCC(C(=O)Cl)=S(=O)=O. The van der Waals surface area contributed by atoms with Crippen LogP contribution < -0.4 is 0 Å². The van der Waals surface area contributed by atoms with Gasteiger partial charge in [0, 0.05) is 0 Å². The van der Waals surface area contributed by atoms with Gasteiger partial charge in [-0.3, -0.25) is 4.79 Å². The second-order valence-corrected chi connectivity index (χ2v) is 5.46. The highest BCUT2D eigenvalue weighted by Crippen LogP contribution is 2.10. The van der Waals surface area contributed by atoms with E-state index in [0.717, 1.165) is 19.3 Å². The summed E-state index contributed by atoms with van der Waals surface area (Å²) in [5, 5.41) is -0.846. The van der Waals surface area contributed by atoms with Crippen LogP contribution in [-0.4, -0.2) is 18.5 Å². The maximum absolute atomic E-state index is 10.8. The second-order valence-electron chi connectivity index (χ2n) is 4.16. The number of unbranched alkanes of at least 4 members (excludes halogenated alkanes) is 7. The molecule has 0 saturated heterocycles. The third-order valence-electron chi connectivity index (χ3n) is 2.68. The standard InChI is InChI=1S/C12H21ClO3S/c1-2-3-4-5-6-7-8-9-10-11(12(13)14)17(15)16/h2-10H2,1H3. The topological polar surface area (TPSA) is 51.2 Å². The van der Waals surface area contributed by atoms with E-state index in [-0.39, 0.29) is 11.3 Å². The first-order valence-electron chi connectivity index (χ1n) is 6.24. The fourth-order valence-corrected chi connectivity index (χ4v) is 2.39. The van der Waals surface area contributed by atoms with Gasteiger partial charge in [-0.25, -0.2) is 0 Å². The molecule has 0 radical (unpaired) electrons. The van der Waals surface area contributed by atoms with Gasteiger partial charge in [0.25, 0.3) is 5.24 Å². The second kappa shape index (κ2) is 10.8. The minimum absolute atomic E-state index is 0.183. The summed E-state index contributed by atoms with van der Waals surface area (Å²) in [7, 11) is -2.46. The molecule has 0 atom stereocenters. The maximum atomic E-state index is 10.8. The van der Waals surface area contributed by atoms with Crippen LogP contribution >= 0.6 is 11.6 Å². The minimum Gasteiger partial charge on any atom is -0.275 e. The van der Waals surface area contributed by atoms with Crippen LogP contribution in [0, 0.1) is 0 Å². The van der Waals surface area contributed by atoms with E-state index in [1.165, 1.54) is 32.1 Å². The molecule has 0 spiro atoms. The van der Waals surface area contributed by atoms with Crippen molar-refractivity contribution in [2.24, 2.45) is 0 Å². The van der Waals surface area contributed by atoms with Crippen LogP contribution in [0.5, 0.6) is 0 Å². The third kappa shape index (κ3) is 9.36. The lowest BCUT2D eigenvalue weighted by Gasteiger charge is -2.00. The molecule has 0 fully saturated rings. The van der Waals surface area contributed by atoms with Crippen molar-refractivity contribution in [1.82, 2.24) is 0 Å². The van der Waals surface area contributed by atoms with Crippen LogP contribution in [-0.2, 0) is 15.1 Å². The van der Waals surface area contributed by atoms with Crippen LogP contribution in [0.1, 0.15) is 64.7 Å². The van der Waals surface area contributed by atoms with Gasteiger partial charge in [0.15, 0.2) is 0 Å². The van der Waals surface area contributed by atoms with Crippen molar-refractivity contribution in [3.63, 3.8) is 0 Å². The summed E-state index contributed by atoms with van der Waals surface area (Å²) in [6.07, 6.45) is 9.27. The highest BCUT2D eigenvalue weighted by molar-refractivity contribution is 7.75. The largest absolute Gasteiger partial charge is 0.275 e. The summed E-state index contributed by atoms with van der Waals surface area (Å²) >= 11 is 5.17. The molecule has 0 aliphatic carbocycles. The molecule has 0 bridgehead atoms. The maximum Gasteiger partial charge on any atom is 0.263 e. The van der Waals surface area contributed by atoms with E-state index in [1.807, 2.05) is 0 Å². The van der Waals surface area contributed by atoms with Gasteiger partial charge in [-0.05, 0) is 24.4 Å². The quantitative estimate of drug-likeness (QED) is 0.350. The number of rotatable bonds is 10. The minimum atomic E-state index is -2.46. The Morgan fingerprint density at radius 1 is 0.941 bits per heavy atom. The van der Waals surface area contributed by atoms with Crippen LogP contribution in [0.2, 0.25) is 0 Å². The molecule has 0 aliphatic rings. The highest BCUT2D eigenvalue weighted by Gasteiger charge is 2.09. The fourth-order valence-electron chi connectivity index (χ4n) is 1.67. The Bertz CT molecular complexity index is 339. The first-order valence-corrected chi connectivity index (χ1v) is 7.69. The van der Waals surface area contributed by atoms with Gasteiger partial charge >= 0.3 is 0 Å². The highest BCUT2D eigenvalue weighted by atomic mass is 35.5. The molecule has 0 rings (SSSR count). The monoisotopic (exact) mass is 280 g/mol. The van der Waals surface area contributed by atoms with Crippen LogP contribution in [0.3, 0.4) is 0 Å². The first-order chi connectivity index (χ1) is 8.09. The summed E-state index contributed by atoms with van der Waals surface area (Å²) < 4.78 is 21.3. The number of halogens is 1. The summed E-state index contributed by atoms with van der Waals surface area (Å²) in [4.78, 5) is 10.6. The Morgan fingerprint density at radius 3 is 1.82 bits per heavy atom. The molecule has 5 heteroatoms. The lowest BCUT2D eigenvalue weighted by molar-refractivity contribution is -0.106. The van der Waals surface area contributed by atoms with E-state index in [9.17, 15) is 13.2 Å². The average Bonchev–Trinajstić information content (AvgIpc) is 2.26. The van der Waals surface area contributed by atoms with E-state index < -0.39 is 15.5 Å². The Hall–Kier alpha value is -0.350. The van der Waals surface area contributed by atoms with Gasteiger partial charge in [0.05, 0.1) is 0 Å². The number of hydrogen-bond donors (Lipinski definition) is 0. The number of carbonyl (C=O) groups is 1. The third-order valence-corrected chi connectivity index (χ3v) is 3.81. The molecule has 3 nitrogen and oxygen atoms in total. The molecule has 0 saturated carbocycles. The lowest BCUT2D eigenvalue weighted by Crippen LogP contribution is -2.08. The van der Waals surface area contributed by atoms with Crippen LogP contribution in [0.4, 0.5) is 0 Å². The fraction of sp³-hybridized carbons (Fsp3) is 0.833. The van der Waals surface area contributed by atoms with Gasteiger partial charge in [-0.15, -0.1) is 0 Å². The predicted molar refractivity (Wildman–Crippen MR) is 72.0 cm³/mol. The van der Waals surface area contributed by atoms with Crippen molar-refractivity contribution in [2.75, 3.05) is 0 Å². The van der Waals surface area contributed by atoms with Crippen molar-refractivity contribution in [3.8, 4) is 0 Å². The molecular formula is C12H21ClO3S. The lowest BCUT2D eigenvalue weighted by atomic mass is 10.1. The molecule has 17 heavy (non-hydrogen) atoms. The summed E-state index contributed by atoms with van der Waals surface area (Å²) in [6, 6.07) is 0. The normalized spacial score (nSPS) is 10.2. The van der Waals surface area contributed by atoms with E-state index in [2.05, 4.69) is 6.92 Å². The molecule has 100 valence electrons. The van der Waals surface area contributed by atoms with Crippen molar-refractivity contribution in [1.29, 1.82) is 0 Å². The molecule has 0 aromatic carbocycles. The molecule has 0 aliphatic heterocycles. The summed E-state index contributed by atoms with van der Waals surface area (Å²) in [5.74, 6) is 0. The van der Waals surface area contributed by atoms with Crippen LogP contribution in [0.15, 0.2) is 0 Å². The summed E-state index contributed by atoms with van der Waals surface area (Å²) in [6.45, 7) is 2.18. The van der Waals surface area contributed by atoms with Gasteiger partial charge in [-0.1, -0.05) is 51.9 Å². The Morgan fingerprint density at radius 2 is 1.41 bits per heavy atom. The predicted octanol–water partition coefficient (Wildman–Crippen LogP) is 3.33. The van der Waals surface area contributed by atoms with Gasteiger partial charge in [0.1, 0.15) is 4.86 Å². The van der Waals surface area contributed by atoms with Gasteiger partial charge in [0.2, 0.25) is 10.3 Å². The van der Waals surface area contributed by atoms with Crippen molar-refractivity contribution >= 4 is 32.0 Å². The van der Waals surface area contributed by atoms with E-state index in [1.54, 1.807) is 0 Å². The Balaban J connectivity index is 3.58. The Kier molecular flexibility index (Phi) is 10.6. The van der Waals surface area contributed by atoms with Crippen molar-refractivity contribution in [3.05, 3.63) is 0 Å². The zero-order valence-electron chi connectivity index (χ0n) is 10.4. The Labute approximate surface area is 110 Å². The van der Waals surface area contributed by atoms with E-state index in [0.29, 0.717) is 0 Å².